The van der Waals surface area contributed by atoms with Gasteiger partial charge >= 0.3 is 6.18 Å². The zero-order valence-corrected chi connectivity index (χ0v) is 9.51. The van der Waals surface area contributed by atoms with E-state index in [2.05, 4.69) is 4.98 Å². The Hall–Kier alpha value is -0.800. The second kappa shape index (κ2) is 4.60. The molecule has 0 aliphatic heterocycles. The number of hydrogen-bond donors (Lipinski definition) is 0. The highest BCUT2D eigenvalue weighted by atomic mass is 127. The monoisotopic (exact) mass is 351 g/mol. The van der Waals surface area contributed by atoms with Crippen LogP contribution in [0.25, 0.3) is 0 Å². The molecule has 0 aliphatic rings. The van der Waals surface area contributed by atoms with Gasteiger partial charge in [-0.15, -0.1) is 0 Å². The number of hydrogen-bond acceptors (Lipinski definition) is 2. The molecular formula is C8H3F5INO. The van der Waals surface area contributed by atoms with Crippen LogP contribution in [0.3, 0.4) is 0 Å². The molecule has 0 aromatic carbocycles. The summed E-state index contributed by atoms with van der Waals surface area (Å²) in [5.41, 5.74) is -3.20. The number of carbonyl (C=O) groups excluding carboxylic acids is 1. The van der Waals surface area contributed by atoms with Crippen LogP contribution in [0, 0.1) is 3.57 Å². The zero-order valence-electron chi connectivity index (χ0n) is 7.36. The number of aldehydes is 1. The van der Waals surface area contributed by atoms with Gasteiger partial charge in [-0.2, -0.15) is 13.2 Å². The van der Waals surface area contributed by atoms with E-state index in [1.54, 1.807) is 0 Å². The van der Waals surface area contributed by atoms with Gasteiger partial charge in [0.05, 0.1) is 5.56 Å². The Morgan fingerprint density at radius 3 is 2.31 bits per heavy atom. The summed E-state index contributed by atoms with van der Waals surface area (Å²) in [5, 5.41) is 0. The van der Waals surface area contributed by atoms with Crippen molar-refractivity contribution in [2.45, 2.75) is 12.6 Å². The number of halogens is 6. The van der Waals surface area contributed by atoms with Gasteiger partial charge in [0.1, 0.15) is 0 Å². The molecule has 1 heterocycles. The summed E-state index contributed by atoms with van der Waals surface area (Å²) in [4.78, 5) is 13.3. The molecule has 1 aromatic rings. The van der Waals surface area contributed by atoms with Gasteiger partial charge in [-0.25, -0.2) is 8.78 Å². The van der Waals surface area contributed by atoms with Gasteiger partial charge in [-0.1, -0.05) is 0 Å². The van der Waals surface area contributed by atoms with E-state index in [1.165, 1.54) is 22.6 Å². The van der Waals surface area contributed by atoms with Crippen molar-refractivity contribution in [2.75, 3.05) is 0 Å². The third-order valence-electron chi connectivity index (χ3n) is 1.69. The third-order valence-corrected chi connectivity index (χ3v) is 2.90. The fourth-order valence-electron chi connectivity index (χ4n) is 1.03. The van der Waals surface area contributed by atoms with Crippen LogP contribution in [0.4, 0.5) is 22.0 Å². The first kappa shape index (κ1) is 13.3. The van der Waals surface area contributed by atoms with Crippen molar-refractivity contribution in [2.24, 2.45) is 0 Å². The number of rotatable bonds is 2. The number of pyridine rings is 1. The fourth-order valence-corrected chi connectivity index (χ4v) is 1.78. The molecule has 0 spiro atoms. The van der Waals surface area contributed by atoms with E-state index in [1.807, 2.05) is 0 Å². The minimum absolute atomic E-state index is 0.181. The highest BCUT2D eigenvalue weighted by Crippen LogP contribution is 2.37. The van der Waals surface area contributed by atoms with Crippen molar-refractivity contribution in [1.29, 1.82) is 0 Å². The van der Waals surface area contributed by atoms with E-state index >= 15 is 0 Å². The molecule has 1 aromatic heterocycles. The van der Waals surface area contributed by atoms with Gasteiger partial charge in [0.25, 0.3) is 6.43 Å². The van der Waals surface area contributed by atoms with Crippen LogP contribution in [-0.2, 0) is 6.18 Å². The van der Waals surface area contributed by atoms with Gasteiger partial charge in [-0.3, -0.25) is 9.78 Å². The zero-order chi connectivity index (χ0) is 12.5. The van der Waals surface area contributed by atoms with Gasteiger partial charge in [-0.05, 0) is 22.6 Å². The Kier molecular flexibility index (Phi) is 3.81. The smallest absolute Gasteiger partial charge is 0.298 e. The van der Waals surface area contributed by atoms with Crippen molar-refractivity contribution >= 4 is 28.9 Å². The van der Waals surface area contributed by atoms with Crippen LogP contribution in [-0.4, -0.2) is 11.3 Å². The predicted molar refractivity (Wildman–Crippen MR) is 52.3 cm³/mol. The molecule has 88 valence electrons. The average Bonchev–Trinajstić information content (AvgIpc) is 2.15. The van der Waals surface area contributed by atoms with Crippen LogP contribution in [0.1, 0.15) is 28.0 Å². The predicted octanol–water partition coefficient (Wildman–Crippen LogP) is 3.46. The van der Waals surface area contributed by atoms with Crippen LogP contribution in [0.15, 0.2) is 6.20 Å². The summed E-state index contributed by atoms with van der Waals surface area (Å²) in [6.07, 6.45) is -7.49. The first-order valence-corrected chi connectivity index (χ1v) is 4.85. The molecule has 8 heteroatoms. The number of nitrogens with zero attached hydrogens (tertiary/aromatic N) is 1. The van der Waals surface area contributed by atoms with Crippen LogP contribution in [0.5, 0.6) is 0 Å². The SMILES string of the molecule is O=Cc1cnc(C(F)(F)F)c(C(F)F)c1I. The molecule has 0 saturated heterocycles. The van der Waals surface area contributed by atoms with E-state index < -0.39 is 27.4 Å². The Balaban J connectivity index is 3.53. The minimum atomic E-state index is -4.97. The van der Waals surface area contributed by atoms with Crippen molar-refractivity contribution in [3.8, 4) is 0 Å². The standard InChI is InChI=1S/C8H3F5INO/c9-7(10)4-5(14)3(2-16)1-15-6(4)8(11,12)13/h1-2,7H. The number of carbonyl (C=O) groups is 1. The molecule has 0 amide bonds. The van der Waals surface area contributed by atoms with Crippen molar-refractivity contribution in [3.63, 3.8) is 0 Å². The second-order valence-corrected chi connectivity index (χ2v) is 3.78. The molecule has 0 atom stereocenters. The lowest BCUT2D eigenvalue weighted by atomic mass is 10.1. The molecule has 0 N–H and O–H groups in total. The van der Waals surface area contributed by atoms with Crippen LogP contribution < -0.4 is 0 Å². The minimum Gasteiger partial charge on any atom is -0.298 e. The molecule has 0 saturated carbocycles. The summed E-state index contributed by atoms with van der Waals surface area (Å²) in [7, 11) is 0. The maximum Gasteiger partial charge on any atom is 0.433 e. The number of alkyl halides is 5. The lowest BCUT2D eigenvalue weighted by Crippen LogP contribution is -2.15. The van der Waals surface area contributed by atoms with Crippen molar-refractivity contribution in [3.05, 3.63) is 26.6 Å². The Morgan fingerprint density at radius 2 is 1.94 bits per heavy atom. The quantitative estimate of drug-likeness (QED) is 0.464. The van der Waals surface area contributed by atoms with Crippen molar-refractivity contribution < 1.29 is 26.7 Å². The van der Waals surface area contributed by atoms with E-state index in [9.17, 15) is 26.7 Å². The first-order chi connectivity index (χ1) is 7.29. The Bertz CT molecular complexity index is 418. The second-order valence-electron chi connectivity index (χ2n) is 2.71. The molecule has 0 fully saturated rings. The van der Waals surface area contributed by atoms with E-state index in [-0.39, 0.29) is 11.8 Å². The maximum absolute atomic E-state index is 12.5. The van der Waals surface area contributed by atoms with Crippen LogP contribution >= 0.6 is 22.6 Å². The van der Waals surface area contributed by atoms with Gasteiger partial charge < -0.3 is 0 Å². The van der Waals surface area contributed by atoms with Crippen LogP contribution in [0.2, 0.25) is 0 Å². The van der Waals surface area contributed by atoms with Gasteiger partial charge in [0, 0.05) is 15.3 Å². The van der Waals surface area contributed by atoms with E-state index in [0.29, 0.717) is 6.20 Å². The van der Waals surface area contributed by atoms with Gasteiger partial charge in [0.15, 0.2) is 12.0 Å². The molecular weight excluding hydrogens is 348 g/mol. The summed E-state index contributed by atoms with van der Waals surface area (Å²) in [6, 6.07) is 0. The third kappa shape index (κ3) is 2.47. The van der Waals surface area contributed by atoms with E-state index in [0.717, 1.165) is 0 Å². The lowest BCUT2D eigenvalue weighted by Gasteiger charge is -2.13. The summed E-state index contributed by atoms with van der Waals surface area (Å²) in [5.74, 6) is 0. The molecule has 16 heavy (non-hydrogen) atoms. The first-order valence-electron chi connectivity index (χ1n) is 3.78. The molecule has 0 bridgehead atoms. The summed E-state index contributed by atoms with van der Waals surface area (Å²) < 4.78 is 61.5. The summed E-state index contributed by atoms with van der Waals surface area (Å²) in [6.45, 7) is 0. The number of aromatic nitrogens is 1. The Labute approximate surface area is 100.0 Å². The van der Waals surface area contributed by atoms with E-state index in [4.69, 9.17) is 0 Å². The Morgan fingerprint density at radius 1 is 1.38 bits per heavy atom. The van der Waals surface area contributed by atoms with Gasteiger partial charge in [0.2, 0.25) is 0 Å². The topological polar surface area (TPSA) is 30.0 Å². The largest absolute Gasteiger partial charge is 0.433 e. The molecule has 0 radical (unpaired) electrons. The maximum atomic E-state index is 12.5. The summed E-state index contributed by atoms with van der Waals surface area (Å²) >= 11 is 1.27. The fraction of sp³-hybridized carbons (Fsp3) is 0.250. The molecule has 2 nitrogen and oxygen atoms in total. The normalized spacial score (nSPS) is 11.9. The highest BCUT2D eigenvalue weighted by molar-refractivity contribution is 14.1. The van der Waals surface area contributed by atoms with Crippen molar-refractivity contribution in [1.82, 2.24) is 4.98 Å². The molecule has 0 unspecified atom stereocenters. The highest BCUT2D eigenvalue weighted by Gasteiger charge is 2.39. The lowest BCUT2D eigenvalue weighted by molar-refractivity contribution is -0.143. The molecule has 1 rings (SSSR count). The average molecular weight is 351 g/mol. The molecule has 0 aliphatic carbocycles.